The lowest BCUT2D eigenvalue weighted by molar-refractivity contribution is -0.157. The number of nitrogens with zero attached hydrogens (tertiary/aromatic N) is 4. The average molecular weight is 554 g/mol. The molecule has 2 fully saturated rings. The molecule has 3 aromatic heterocycles. The molecular weight excluding hydrogens is 522 g/mol. The van der Waals surface area contributed by atoms with E-state index in [1.807, 2.05) is 32.2 Å². The number of aromatic nitrogens is 4. The first-order chi connectivity index (χ1) is 19.5. The molecule has 2 aromatic carbocycles. The zero-order chi connectivity index (χ0) is 27.3. The van der Waals surface area contributed by atoms with Crippen LogP contribution in [0.5, 0.6) is 5.75 Å². The van der Waals surface area contributed by atoms with Gasteiger partial charge in [-0.1, -0.05) is 36.4 Å². The Kier molecular flexibility index (Phi) is 6.30. The molecule has 1 saturated heterocycles. The summed E-state index contributed by atoms with van der Waals surface area (Å²) in [5.74, 6) is 1.20. The number of benzene rings is 2. The third-order valence-electron chi connectivity index (χ3n) is 8.00. The molecule has 9 heteroatoms. The van der Waals surface area contributed by atoms with Gasteiger partial charge in [-0.2, -0.15) is 0 Å². The molecule has 0 amide bonds. The van der Waals surface area contributed by atoms with Crippen LogP contribution in [0.25, 0.3) is 22.2 Å². The lowest BCUT2D eigenvalue weighted by Crippen LogP contribution is -2.27. The molecule has 40 heavy (non-hydrogen) atoms. The molecule has 0 unspecified atom stereocenters. The van der Waals surface area contributed by atoms with Gasteiger partial charge in [-0.15, -0.1) is 0 Å². The van der Waals surface area contributed by atoms with E-state index in [-0.39, 0.29) is 24.2 Å². The van der Waals surface area contributed by atoms with Crippen molar-refractivity contribution in [3.63, 3.8) is 0 Å². The smallest absolute Gasteiger partial charge is 0.163 e. The molecule has 4 heterocycles. The maximum Gasteiger partial charge on any atom is 0.163 e. The molecule has 204 valence electrons. The molecule has 8 nitrogen and oxygen atoms in total. The summed E-state index contributed by atoms with van der Waals surface area (Å²) in [6.07, 6.45) is 6.42. The second-order valence-corrected chi connectivity index (χ2v) is 11.6. The number of ether oxygens (including phenoxy) is 3. The molecule has 7 rings (SSSR count). The molecule has 1 aliphatic carbocycles. The molecular formula is C31H31N5O3S. The molecule has 0 bridgehead atoms. The minimum atomic E-state index is -0.649. The van der Waals surface area contributed by atoms with Gasteiger partial charge in [0.25, 0.3) is 0 Å². The van der Waals surface area contributed by atoms with Crippen LogP contribution in [-0.2, 0) is 16.0 Å². The maximum atomic E-state index is 6.55. The van der Waals surface area contributed by atoms with Crippen molar-refractivity contribution in [1.29, 1.82) is 0 Å². The van der Waals surface area contributed by atoms with E-state index in [0.717, 1.165) is 40.1 Å². The number of anilines is 1. The normalized spacial score (nSPS) is 23.4. The first-order valence-corrected chi connectivity index (χ1v) is 14.4. The summed E-state index contributed by atoms with van der Waals surface area (Å²) in [6.45, 7) is 4.66. The van der Waals surface area contributed by atoms with Crippen LogP contribution in [0.1, 0.15) is 43.4 Å². The van der Waals surface area contributed by atoms with Gasteiger partial charge in [0, 0.05) is 35.8 Å². The summed E-state index contributed by atoms with van der Waals surface area (Å²) in [6, 6.07) is 19.0. The van der Waals surface area contributed by atoms with Gasteiger partial charge in [-0.3, -0.25) is 0 Å². The molecule has 2 aliphatic rings. The minimum Gasteiger partial charge on any atom is -0.497 e. The minimum absolute atomic E-state index is 0.0530. The molecule has 0 radical (unpaired) electrons. The first-order valence-electron chi connectivity index (χ1n) is 13.5. The number of fused-ring (bicyclic) bond motifs is 2. The van der Waals surface area contributed by atoms with Gasteiger partial charge in [0.2, 0.25) is 0 Å². The summed E-state index contributed by atoms with van der Waals surface area (Å²) < 4.78 is 24.9. The van der Waals surface area contributed by atoms with Crippen molar-refractivity contribution in [2.75, 3.05) is 12.4 Å². The predicted octanol–water partition coefficient (Wildman–Crippen LogP) is 6.42. The van der Waals surface area contributed by atoms with Crippen LogP contribution < -0.4 is 10.1 Å². The van der Waals surface area contributed by atoms with E-state index in [4.69, 9.17) is 19.2 Å². The Balaban J connectivity index is 1.19. The van der Waals surface area contributed by atoms with Crippen molar-refractivity contribution in [1.82, 2.24) is 18.9 Å². The Labute approximate surface area is 237 Å². The third kappa shape index (κ3) is 4.54. The molecule has 0 spiro atoms. The SMILES string of the molecule is COc1ccc(CNc2ncnc3c2ccn3[C@@H]2C[C@H](c3cccc(-c4cnsc4)c3)[C@H]3OC(C)(C)O[C@H]32)cc1. The van der Waals surface area contributed by atoms with E-state index >= 15 is 0 Å². The standard InChI is InChI=1S/C31H31N5O3S/c1-31(2)38-27-25(21-6-4-5-20(13-21)22-16-35-40-17-22)14-26(28(27)39-31)36-12-11-24-29(33-18-34-30(24)36)32-15-19-7-9-23(37-3)10-8-19/h4-13,16-18,25-28H,14-15H2,1-3H3,(H,32,33,34)/t25-,26-,27-,28+/m1/s1. The number of nitrogens with one attached hydrogen (secondary N) is 1. The average Bonchev–Trinajstić information content (AvgIpc) is 3.76. The highest BCUT2D eigenvalue weighted by atomic mass is 32.1. The van der Waals surface area contributed by atoms with Gasteiger partial charge in [0.1, 0.15) is 29.6 Å². The van der Waals surface area contributed by atoms with E-state index in [1.54, 1.807) is 13.4 Å². The molecule has 4 atom stereocenters. The maximum absolute atomic E-state index is 6.55. The van der Waals surface area contributed by atoms with Crippen LogP contribution in [0.4, 0.5) is 5.82 Å². The summed E-state index contributed by atoms with van der Waals surface area (Å²) >= 11 is 1.47. The highest BCUT2D eigenvalue weighted by Crippen LogP contribution is 2.51. The summed E-state index contributed by atoms with van der Waals surface area (Å²) in [5, 5.41) is 6.57. The van der Waals surface area contributed by atoms with Crippen molar-refractivity contribution >= 4 is 28.4 Å². The highest BCUT2D eigenvalue weighted by molar-refractivity contribution is 7.03. The summed E-state index contributed by atoms with van der Waals surface area (Å²) in [5.41, 5.74) is 5.62. The Hall–Kier alpha value is -3.79. The van der Waals surface area contributed by atoms with E-state index < -0.39 is 5.79 Å². The van der Waals surface area contributed by atoms with Crippen LogP contribution in [-0.4, -0.2) is 44.0 Å². The van der Waals surface area contributed by atoms with Crippen LogP contribution in [0.3, 0.4) is 0 Å². The summed E-state index contributed by atoms with van der Waals surface area (Å²) in [7, 11) is 1.67. The topological polar surface area (TPSA) is 83.3 Å². The van der Waals surface area contributed by atoms with Gasteiger partial charge in [-0.25, -0.2) is 14.3 Å². The van der Waals surface area contributed by atoms with E-state index in [9.17, 15) is 0 Å². The number of hydrogen-bond donors (Lipinski definition) is 1. The predicted molar refractivity (Wildman–Crippen MR) is 156 cm³/mol. The van der Waals surface area contributed by atoms with Crippen molar-refractivity contribution < 1.29 is 14.2 Å². The van der Waals surface area contributed by atoms with Gasteiger partial charge >= 0.3 is 0 Å². The van der Waals surface area contributed by atoms with Crippen LogP contribution in [0.2, 0.25) is 0 Å². The Morgan fingerprint density at radius 1 is 1.05 bits per heavy atom. The monoisotopic (exact) mass is 553 g/mol. The fourth-order valence-electron chi connectivity index (χ4n) is 6.16. The third-order valence-corrected chi connectivity index (χ3v) is 8.59. The highest BCUT2D eigenvalue weighted by Gasteiger charge is 2.55. The number of hydrogen-bond acceptors (Lipinski definition) is 8. The van der Waals surface area contributed by atoms with E-state index in [0.29, 0.717) is 6.54 Å². The lowest BCUT2D eigenvalue weighted by Gasteiger charge is -2.25. The van der Waals surface area contributed by atoms with Crippen LogP contribution >= 0.6 is 11.5 Å². The Morgan fingerprint density at radius 2 is 1.90 bits per heavy atom. The number of methoxy groups -OCH3 is 1. The van der Waals surface area contributed by atoms with Gasteiger partial charge < -0.3 is 24.1 Å². The quantitative estimate of drug-likeness (QED) is 0.249. The number of rotatable bonds is 7. The van der Waals surface area contributed by atoms with Gasteiger partial charge in [-0.05, 0) is 66.7 Å². The van der Waals surface area contributed by atoms with E-state index in [1.165, 1.54) is 22.7 Å². The Bertz CT molecular complexity index is 1630. The van der Waals surface area contributed by atoms with Crippen molar-refractivity contribution in [2.45, 2.75) is 56.8 Å². The van der Waals surface area contributed by atoms with Crippen LogP contribution in [0, 0.1) is 0 Å². The summed E-state index contributed by atoms with van der Waals surface area (Å²) in [4.78, 5) is 9.27. The fraction of sp³-hybridized carbons (Fsp3) is 0.323. The zero-order valence-corrected chi connectivity index (χ0v) is 23.5. The fourth-order valence-corrected chi connectivity index (χ4v) is 6.70. The van der Waals surface area contributed by atoms with Crippen LogP contribution in [0.15, 0.2) is 78.7 Å². The first kappa shape index (κ1) is 25.2. The molecule has 1 saturated carbocycles. The Morgan fingerprint density at radius 3 is 2.70 bits per heavy atom. The molecule has 1 aliphatic heterocycles. The van der Waals surface area contributed by atoms with Crippen molar-refractivity contribution in [2.24, 2.45) is 0 Å². The van der Waals surface area contributed by atoms with Crippen molar-refractivity contribution in [3.05, 3.63) is 89.8 Å². The van der Waals surface area contributed by atoms with Gasteiger partial charge in [0.05, 0.1) is 24.6 Å². The second-order valence-electron chi connectivity index (χ2n) is 10.9. The van der Waals surface area contributed by atoms with Crippen molar-refractivity contribution in [3.8, 4) is 16.9 Å². The lowest BCUT2D eigenvalue weighted by atomic mass is 9.93. The van der Waals surface area contributed by atoms with E-state index in [2.05, 4.69) is 73.3 Å². The van der Waals surface area contributed by atoms with Gasteiger partial charge in [0.15, 0.2) is 5.79 Å². The molecule has 5 aromatic rings. The molecule has 1 N–H and O–H groups in total. The largest absolute Gasteiger partial charge is 0.497 e. The zero-order valence-electron chi connectivity index (χ0n) is 22.7. The second kappa shape index (κ2) is 9.99.